The Labute approximate surface area is 147 Å². The van der Waals surface area contributed by atoms with Crippen molar-refractivity contribution >= 4 is 11.7 Å². The van der Waals surface area contributed by atoms with Crippen LogP contribution in [0.1, 0.15) is 11.3 Å². The number of halogens is 1. The van der Waals surface area contributed by atoms with Crippen LogP contribution in [0.3, 0.4) is 0 Å². The number of carbonyl (C=O) groups excluding carboxylic acids is 1. The molecule has 3 rings (SSSR count). The average Bonchev–Trinajstić information content (AvgIpc) is 3.09. The molecule has 0 amide bonds. The Bertz CT molecular complexity index is 937. The lowest BCUT2D eigenvalue weighted by molar-refractivity contribution is -0.384. The van der Waals surface area contributed by atoms with Gasteiger partial charge < -0.3 is 9.26 Å². The van der Waals surface area contributed by atoms with Gasteiger partial charge in [0.05, 0.1) is 16.9 Å². The number of carbonyl (C=O) groups is 1. The summed E-state index contributed by atoms with van der Waals surface area (Å²) in [5, 5.41) is 14.3. The molecule has 0 spiro atoms. The van der Waals surface area contributed by atoms with Crippen LogP contribution in [0.4, 0.5) is 10.1 Å². The molecule has 0 saturated carbocycles. The highest BCUT2D eigenvalue weighted by Gasteiger charge is 2.13. The van der Waals surface area contributed by atoms with Crippen LogP contribution in [0.2, 0.25) is 0 Å². The largest absolute Gasteiger partial charge is 0.459 e. The van der Waals surface area contributed by atoms with Gasteiger partial charge in [0.25, 0.3) is 5.69 Å². The summed E-state index contributed by atoms with van der Waals surface area (Å²) in [5.41, 5.74) is 1.15. The number of nitro benzene ring substituents is 1. The minimum Gasteiger partial charge on any atom is -0.459 e. The molecule has 0 unspecified atom stereocenters. The molecule has 8 heteroatoms. The van der Waals surface area contributed by atoms with Gasteiger partial charge in [-0.1, -0.05) is 29.4 Å². The van der Waals surface area contributed by atoms with Crippen molar-refractivity contribution < 1.29 is 23.4 Å². The molecule has 0 aliphatic rings. The van der Waals surface area contributed by atoms with Gasteiger partial charge in [-0.3, -0.25) is 14.9 Å². The number of esters is 1. The fourth-order valence-electron chi connectivity index (χ4n) is 2.28. The van der Waals surface area contributed by atoms with Gasteiger partial charge >= 0.3 is 5.97 Å². The molecule has 2 aromatic carbocycles. The Balaban J connectivity index is 1.56. The fourth-order valence-corrected chi connectivity index (χ4v) is 2.28. The molecule has 132 valence electrons. The van der Waals surface area contributed by atoms with E-state index >= 15 is 0 Å². The summed E-state index contributed by atoms with van der Waals surface area (Å²) in [6.45, 7) is -0.121. The number of aromatic nitrogens is 1. The summed E-state index contributed by atoms with van der Waals surface area (Å²) in [4.78, 5) is 21.9. The van der Waals surface area contributed by atoms with Crippen LogP contribution < -0.4 is 0 Å². The summed E-state index contributed by atoms with van der Waals surface area (Å²) in [6, 6.07) is 13.2. The van der Waals surface area contributed by atoms with Crippen molar-refractivity contribution in [1.29, 1.82) is 0 Å². The van der Waals surface area contributed by atoms with E-state index < -0.39 is 16.7 Å². The monoisotopic (exact) mass is 356 g/mol. The molecule has 0 fully saturated rings. The van der Waals surface area contributed by atoms with E-state index in [0.29, 0.717) is 11.3 Å². The third kappa shape index (κ3) is 4.10. The normalized spacial score (nSPS) is 10.5. The van der Waals surface area contributed by atoms with Crippen LogP contribution in [0.25, 0.3) is 11.3 Å². The minimum atomic E-state index is -0.519. The van der Waals surface area contributed by atoms with Crippen LogP contribution >= 0.6 is 0 Å². The highest BCUT2D eigenvalue weighted by molar-refractivity contribution is 5.72. The van der Waals surface area contributed by atoms with E-state index in [1.807, 2.05) is 0 Å². The molecule has 0 bridgehead atoms. The first kappa shape index (κ1) is 17.3. The molecule has 0 radical (unpaired) electrons. The number of rotatable bonds is 6. The summed E-state index contributed by atoms with van der Waals surface area (Å²) >= 11 is 0. The molecule has 0 saturated heterocycles. The number of non-ortho nitro benzene ring substituents is 1. The quantitative estimate of drug-likeness (QED) is 0.380. The maximum atomic E-state index is 13.7. The Morgan fingerprint density at radius 3 is 2.62 bits per heavy atom. The molecule has 1 heterocycles. The second kappa shape index (κ2) is 7.56. The first-order valence-corrected chi connectivity index (χ1v) is 7.62. The van der Waals surface area contributed by atoms with Gasteiger partial charge in [0, 0.05) is 18.2 Å². The van der Waals surface area contributed by atoms with Crippen LogP contribution in [0.15, 0.2) is 59.1 Å². The number of benzene rings is 2. The maximum absolute atomic E-state index is 13.7. The van der Waals surface area contributed by atoms with Crippen LogP contribution in [-0.2, 0) is 22.6 Å². The van der Waals surface area contributed by atoms with Crippen molar-refractivity contribution in [3.63, 3.8) is 0 Å². The van der Waals surface area contributed by atoms with Crippen LogP contribution in [-0.4, -0.2) is 16.0 Å². The summed E-state index contributed by atoms with van der Waals surface area (Å²) in [5.74, 6) is -0.718. The number of hydrogen-bond donors (Lipinski definition) is 0. The van der Waals surface area contributed by atoms with Gasteiger partial charge in [0.15, 0.2) is 5.76 Å². The van der Waals surface area contributed by atoms with Crippen molar-refractivity contribution in [2.75, 3.05) is 0 Å². The molecule has 1 aromatic heterocycles. The lowest BCUT2D eigenvalue weighted by Gasteiger charge is -2.02. The average molecular weight is 356 g/mol. The van der Waals surface area contributed by atoms with Crippen molar-refractivity contribution in [2.45, 2.75) is 13.0 Å². The van der Waals surface area contributed by atoms with E-state index in [2.05, 4.69) is 5.16 Å². The van der Waals surface area contributed by atoms with E-state index in [1.54, 1.807) is 18.2 Å². The zero-order valence-electron chi connectivity index (χ0n) is 13.4. The Morgan fingerprint density at radius 2 is 1.92 bits per heavy atom. The predicted molar refractivity (Wildman–Crippen MR) is 88.5 cm³/mol. The highest BCUT2D eigenvalue weighted by atomic mass is 19.1. The molecule has 3 aromatic rings. The van der Waals surface area contributed by atoms with Gasteiger partial charge in [-0.05, 0) is 17.7 Å². The second-order valence-corrected chi connectivity index (χ2v) is 5.42. The molecular formula is C18H13FN2O5. The van der Waals surface area contributed by atoms with Crippen LogP contribution in [0, 0.1) is 15.9 Å². The molecule has 7 nitrogen and oxygen atoms in total. The SMILES string of the molecule is O=C(Cc1ccc([N+](=O)[O-])cc1)OCc1cc(-c2ccccc2F)on1. The standard InChI is InChI=1S/C18H13FN2O5/c19-16-4-2-1-3-15(16)17-10-13(20-26-17)11-25-18(22)9-12-5-7-14(8-6-12)21(23)24/h1-8,10H,9,11H2. The smallest absolute Gasteiger partial charge is 0.310 e. The van der Waals surface area contributed by atoms with E-state index in [-0.39, 0.29) is 30.0 Å². The predicted octanol–water partition coefficient (Wildman–Crippen LogP) is 3.67. The van der Waals surface area contributed by atoms with Crippen LogP contribution in [0.5, 0.6) is 0 Å². The van der Waals surface area contributed by atoms with Gasteiger partial charge in [0.1, 0.15) is 18.1 Å². The zero-order valence-corrected chi connectivity index (χ0v) is 13.4. The molecule has 26 heavy (non-hydrogen) atoms. The maximum Gasteiger partial charge on any atom is 0.310 e. The molecule has 0 aliphatic carbocycles. The van der Waals surface area contributed by atoms with Crippen molar-refractivity contribution in [3.05, 3.63) is 81.8 Å². The minimum absolute atomic E-state index is 0.0317. The second-order valence-electron chi connectivity index (χ2n) is 5.42. The zero-order chi connectivity index (χ0) is 18.5. The van der Waals surface area contributed by atoms with Gasteiger partial charge in [-0.25, -0.2) is 4.39 Å². The molecule has 0 aliphatic heterocycles. The highest BCUT2D eigenvalue weighted by Crippen LogP contribution is 2.23. The Kier molecular flexibility index (Phi) is 5.02. The van der Waals surface area contributed by atoms with Gasteiger partial charge in [-0.2, -0.15) is 0 Å². The fraction of sp³-hybridized carbons (Fsp3) is 0.111. The van der Waals surface area contributed by atoms with E-state index in [4.69, 9.17) is 9.26 Å². The topological polar surface area (TPSA) is 95.5 Å². The lowest BCUT2D eigenvalue weighted by atomic mass is 10.1. The van der Waals surface area contributed by atoms with Gasteiger partial charge in [-0.15, -0.1) is 0 Å². The first-order valence-electron chi connectivity index (χ1n) is 7.62. The Morgan fingerprint density at radius 1 is 1.19 bits per heavy atom. The summed E-state index contributed by atoms with van der Waals surface area (Å²) in [7, 11) is 0. The van der Waals surface area contributed by atoms with E-state index in [1.165, 1.54) is 36.4 Å². The molecule has 0 atom stereocenters. The summed E-state index contributed by atoms with van der Waals surface area (Å²) < 4.78 is 23.9. The number of nitro groups is 1. The van der Waals surface area contributed by atoms with E-state index in [0.717, 1.165) is 0 Å². The van der Waals surface area contributed by atoms with E-state index in [9.17, 15) is 19.3 Å². The number of hydrogen-bond acceptors (Lipinski definition) is 6. The third-order valence-corrected chi connectivity index (χ3v) is 3.57. The van der Waals surface area contributed by atoms with Gasteiger partial charge in [0.2, 0.25) is 0 Å². The third-order valence-electron chi connectivity index (χ3n) is 3.57. The Hall–Kier alpha value is -3.55. The molecule has 0 N–H and O–H groups in total. The van der Waals surface area contributed by atoms with Crippen molar-refractivity contribution in [1.82, 2.24) is 5.16 Å². The summed E-state index contributed by atoms with van der Waals surface area (Å²) in [6.07, 6.45) is -0.0317. The number of ether oxygens (including phenoxy) is 1. The molecular weight excluding hydrogens is 343 g/mol. The van der Waals surface area contributed by atoms with Crippen molar-refractivity contribution in [2.24, 2.45) is 0 Å². The number of nitrogens with zero attached hydrogens (tertiary/aromatic N) is 2. The lowest BCUT2D eigenvalue weighted by Crippen LogP contribution is -2.08. The van der Waals surface area contributed by atoms with Crippen molar-refractivity contribution in [3.8, 4) is 11.3 Å². The first-order chi connectivity index (χ1) is 12.5.